The Morgan fingerprint density at radius 3 is 2.90 bits per heavy atom. The van der Waals surface area contributed by atoms with E-state index in [2.05, 4.69) is 46.4 Å². The lowest BCUT2D eigenvalue weighted by Gasteiger charge is -2.17. The summed E-state index contributed by atoms with van der Waals surface area (Å²) in [7, 11) is 0. The summed E-state index contributed by atoms with van der Waals surface area (Å²) in [5.74, 6) is 5.95. The van der Waals surface area contributed by atoms with Crippen LogP contribution >= 0.6 is 0 Å². The Hall–Kier alpha value is -1.89. The van der Waals surface area contributed by atoms with Gasteiger partial charge in [-0.25, -0.2) is 0 Å². The lowest BCUT2D eigenvalue weighted by atomic mass is 10.0. The highest BCUT2D eigenvalue weighted by molar-refractivity contribution is 5.79. The Kier molecular flexibility index (Phi) is 5.11. The minimum atomic E-state index is 0.166. The van der Waals surface area contributed by atoms with Gasteiger partial charge in [0.2, 0.25) is 0 Å². The second kappa shape index (κ2) is 7.04. The topological polar surface area (TPSA) is 50.9 Å². The molecule has 0 aliphatic carbocycles. The number of aryl methyl sites for hydroxylation is 1. The highest BCUT2D eigenvalue weighted by Gasteiger charge is 2.09. The molecule has 3 N–H and O–H groups in total. The van der Waals surface area contributed by atoms with E-state index in [1.54, 1.807) is 0 Å². The monoisotopic (exact) mass is 267 g/mol. The van der Waals surface area contributed by atoms with E-state index in [1.165, 1.54) is 5.56 Å². The molecule has 1 atom stereocenters. The van der Waals surface area contributed by atoms with Crippen LogP contribution in [0.25, 0.3) is 10.9 Å². The smallest absolute Gasteiger partial charge is 0.0705 e. The standard InChI is InChI=1S/C17H21N3/c1-3-4-5-10-19-17(12-18)15-8-9-16-14(11-15)7-6-13(2)20-16/h6-9,11,17,19H,5,10,12,18H2,1-2H3. The molecule has 2 aromatic rings. The highest BCUT2D eigenvalue weighted by Crippen LogP contribution is 2.19. The first-order chi connectivity index (χ1) is 9.74. The van der Waals surface area contributed by atoms with Crippen LogP contribution in [0, 0.1) is 18.8 Å². The van der Waals surface area contributed by atoms with Gasteiger partial charge < -0.3 is 11.1 Å². The minimum Gasteiger partial charge on any atom is -0.329 e. The van der Waals surface area contributed by atoms with Gasteiger partial charge in [-0.15, -0.1) is 11.8 Å². The van der Waals surface area contributed by atoms with Crippen LogP contribution in [0.2, 0.25) is 0 Å². The summed E-state index contributed by atoms with van der Waals surface area (Å²) in [5.41, 5.74) is 9.15. The molecule has 3 nitrogen and oxygen atoms in total. The summed E-state index contributed by atoms with van der Waals surface area (Å²) >= 11 is 0. The van der Waals surface area contributed by atoms with Crippen molar-refractivity contribution in [1.29, 1.82) is 0 Å². The molecule has 0 aliphatic heterocycles. The molecule has 0 fully saturated rings. The molecule has 0 bridgehead atoms. The number of pyridine rings is 1. The number of benzene rings is 1. The van der Waals surface area contributed by atoms with Crippen molar-refractivity contribution in [2.75, 3.05) is 13.1 Å². The van der Waals surface area contributed by atoms with Gasteiger partial charge in [-0.1, -0.05) is 12.1 Å². The van der Waals surface area contributed by atoms with E-state index in [1.807, 2.05) is 19.9 Å². The van der Waals surface area contributed by atoms with E-state index in [4.69, 9.17) is 5.73 Å². The summed E-state index contributed by atoms with van der Waals surface area (Å²) in [6.45, 7) is 5.29. The van der Waals surface area contributed by atoms with Gasteiger partial charge in [0, 0.05) is 36.6 Å². The fourth-order valence-electron chi connectivity index (χ4n) is 2.23. The SMILES string of the molecule is CC#CCCNC(CN)c1ccc2nc(C)ccc2c1. The molecule has 2 rings (SSSR count). The average molecular weight is 267 g/mol. The molecule has 0 saturated carbocycles. The molecule has 20 heavy (non-hydrogen) atoms. The van der Waals surface area contributed by atoms with Crippen LogP contribution in [0.5, 0.6) is 0 Å². The van der Waals surface area contributed by atoms with Crippen LogP contribution in [-0.4, -0.2) is 18.1 Å². The van der Waals surface area contributed by atoms with Gasteiger partial charge in [-0.3, -0.25) is 4.98 Å². The summed E-state index contributed by atoms with van der Waals surface area (Å²) in [5, 5.41) is 4.60. The van der Waals surface area contributed by atoms with Gasteiger partial charge in [0.25, 0.3) is 0 Å². The van der Waals surface area contributed by atoms with Gasteiger partial charge in [0.15, 0.2) is 0 Å². The number of nitrogens with zero attached hydrogens (tertiary/aromatic N) is 1. The van der Waals surface area contributed by atoms with E-state index in [-0.39, 0.29) is 6.04 Å². The molecule has 3 heteroatoms. The molecule has 0 amide bonds. The molecule has 1 aromatic carbocycles. The zero-order valence-electron chi connectivity index (χ0n) is 12.1. The quantitative estimate of drug-likeness (QED) is 0.646. The molecule has 1 heterocycles. The molecule has 1 aromatic heterocycles. The molecule has 0 aliphatic rings. The number of nitrogens with two attached hydrogens (primary N) is 1. The average Bonchev–Trinajstić information content (AvgIpc) is 2.47. The number of fused-ring (bicyclic) bond motifs is 1. The first-order valence-electron chi connectivity index (χ1n) is 6.95. The summed E-state index contributed by atoms with van der Waals surface area (Å²) in [6.07, 6.45) is 0.849. The number of hydrogen-bond donors (Lipinski definition) is 2. The Bertz CT molecular complexity index is 637. The maximum Gasteiger partial charge on any atom is 0.0705 e. The first-order valence-corrected chi connectivity index (χ1v) is 6.95. The number of rotatable bonds is 5. The fourth-order valence-corrected chi connectivity index (χ4v) is 2.23. The molecule has 0 radical (unpaired) electrons. The third kappa shape index (κ3) is 3.57. The van der Waals surface area contributed by atoms with Gasteiger partial charge in [-0.2, -0.15) is 0 Å². The maximum atomic E-state index is 5.87. The Balaban J connectivity index is 2.16. The summed E-state index contributed by atoms with van der Waals surface area (Å²) < 4.78 is 0. The number of aromatic nitrogens is 1. The van der Waals surface area contributed by atoms with Crippen molar-refractivity contribution in [3.8, 4) is 11.8 Å². The van der Waals surface area contributed by atoms with Gasteiger partial charge in [0.05, 0.1) is 5.52 Å². The number of nitrogens with one attached hydrogen (secondary N) is 1. The predicted octanol–water partition coefficient (Wildman–Crippen LogP) is 2.55. The van der Waals surface area contributed by atoms with Crippen molar-refractivity contribution < 1.29 is 0 Å². The van der Waals surface area contributed by atoms with E-state index in [0.29, 0.717) is 6.54 Å². The van der Waals surface area contributed by atoms with Gasteiger partial charge in [-0.05, 0) is 37.6 Å². The molecular weight excluding hydrogens is 246 g/mol. The van der Waals surface area contributed by atoms with Crippen LogP contribution in [-0.2, 0) is 0 Å². The maximum absolute atomic E-state index is 5.87. The van der Waals surface area contributed by atoms with E-state index in [0.717, 1.165) is 29.6 Å². The zero-order chi connectivity index (χ0) is 14.4. The van der Waals surface area contributed by atoms with Crippen molar-refractivity contribution >= 4 is 10.9 Å². The van der Waals surface area contributed by atoms with Crippen molar-refractivity contribution in [1.82, 2.24) is 10.3 Å². The first kappa shape index (κ1) is 14.5. The van der Waals surface area contributed by atoms with Crippen molar-refractivity contribution in [2.24, 2.45) is 5.73 Å². The fraction of sp³-hybridized carbons (Fsp3) is 0.353. The molecule has 0 spiro atoms. The highest BCUT2D eigenvalue weighted by atomic mass is 14.9. The van der Waals surface area contributed by atoms with Crippen molar-refractivity contribution in [3.05, 3.63) is 41.6 Å². The van der Waals surface area contributed by atoms with Crippen molar-refractivity contribution in [3.63, 3.8) is 0 Å². The lowest BCUT2D eigenvalue weighted by Crippen LogP contribution is -2.28. The van der Waals surface area contributed by atoms with Gasteiger partial charge in [0.1, 0.15) is 0 Å². The second-order valence-corrected chi connectivity index (χ2v) is 4.82. The number of hydrogen-bond acceptors (Lipinski definition) is 3. The van der Waals surface area contributed by atoms with E-state index < -0.39 is 0 Å². The Morgan fingerprint density at radius 1 is 1.30 bits per heavy atom. The predicted molar refractivity (Wildman–Crippen MR) is 84.3 cm³/mol. The molecule has 104 valence electrons. The third-order valence-corrected chi connectivity index (χ3v) is 3.31. The summed E-state index contributed by atoms with van der Waals surface area (Å²) in [4.78, 5) is 4.52. The van der Waals surface area contributed by atoms with Crippen LogP contribution < -0.4 is 11.1 Å². The van der Waals surface area contributed by atoms with E-state index >= 15 is 0 Å². The van der Waals surface area contributed by atoms with Crippen LogP contribution in [0.1, 0.15) is 30.6 Å². The van der Waals surface area contributed by atoms with Crippen LogP contribution in [0.4, 0.5) is 0 Å². The molecule has 0 saturated heterocycles. The summed E-state index contributed by atoms with van der Waals surface area (Å²) in [6, 6.07) is 10.6. The normalized spacial score (nSPS) is 11.9. The van der Waals surface area contributed by atoms with Crippen LogP contribution in [0.3, 0.4) is 0 Å². The minimum absolute atomic E-state index is 0.166. The lowest BCUT2D eigenvalue weighted by molar-refractivity contribution is 0.551. The Morgan fingerprint density at radius 2 is 2.15 bits per heavy atom. The Labute approximate surface area is 120 Å². The second-order valence-electron chi connectivity index (χ2n) is 4.82. The zero-order valence-corrected chi connectivity index (χ0v) is 12.1. The van der Waals surface area contributed by atoms with Crippen LogP contribution in [0.15, 0.2) is 30.3 Å². The van der Waals surface area contributed by atoms with Crippen molar-refractivity contribution in [2.45, 2.75) is 26.3 Å². The van der Waals surface area contributed by atoms with Gasteiger partial charge >= 0.3 is 0 Å². The largest absolute Gasteiger partial charge is 0.329 e. The van der Waals surface area contributed by atoms with E-state index in [9.17, 15) is 0 Å². The molecule has 1 unspecified atom stereocenters. The third-order valence-electron chi connectivity index (χ3n) is 3.31. The molecular formula is C17H21N3.